The summed E-state index contributed by atoms with van der Waals surface area (Å²) in [6, 6.07) is 1.57. The van der Waals surface area contributed by atoms with Gasteiger partial charge in [-0.2, -0.15) is 5.10 Å². The van der Waals surface area contributed by atoms with Crippen molar-refractivity contribution < 1.29 is 19.7 Å². The Kier molecular flexibility index (Phi) is 3.81. The molecule has 2 atom stereocenters. The first kappa shape index (κ1) is 11.7. The van der Waals surface area contributed by atoms with E-state index in [1.54, 1.807) is 19.3 Å². The van der Waals surface area contributed by atoms with Crippen molar-refractivity contribution in [2.75, 3.05) is 7.11 Å². The Morgan fingerprint density at radius 2 is 2.33 bits per heavy atom. The fraction of sp³-hybridized carbons (Fsp3) is 0.556. The first-order chi connectivity index (χ1) is 7.04. The number of aliphatic hydroxyl groups excluding tert-OH is 2. The summed E-state index contributed by atoms with van der Waals surface area (Å²) in [5, 5.41) is 23.0. The third-order valence-corrected chi connectivity index (χ3v) is 2.01. The Morgan fingerprint density at radius 1 is 1.67 bits per heavy atom. The van der Waals surface area contributed by atoms with Gasteiger partial charge in [-0.1, -0.05) is 0 Å². The fourth-order valence-electron chi connectivity index (χ4n) is 1.15. The van der Waals surface area contributed by atoms with Gasteiger partial charge in [0.15, 0.2) is 0 Å². The second-order valence-electron chi connectivity index (χ2n) is 3.21. The molecular formula is C9H14N2O4. The van der Waals surface area contributed by atoms with E-state index in [-0.39, 0.29) is 6.42 Å². The van der Waals surface area contributed by atoms with Gasteiger partial charge in [-0.15, -0.1) is 0 Å². The van der Waals surface area contributed by atoms with Crippen LogP contribution in [0.5, 0.6) is 0 Å². The minimum Gasteiger partial charge on any atom is -0.469 e. The lowest BCUT2D eigenvalue weighted by atomic mass is 10.1. The Morgan fingerprint density at radius 3 is 2.80 bits per heavy atom. The molecule has 1 heterocycles. The number of carbonyl (C=O) groups is 1. The van der Waals surface area contributed by atoms with Crippen molar-refractivity contribution in [3.8, 4) is 0 Å². The molecule has 0 aliphatic heterocycles. The zero-order chi connectivity index (χ0) is 11.4. The number of carbonyl (C=O) groups excluding carboxylic acids is 1. The summed E-state index contributed by atoms with van der Waals surface area (Å²) >= 11 is 0. The van der Waals surface area contributed by atoms with E-state index >= 15 is 0 Å². The van der Waals surface area contributed by atoms with E-state index in [1.807, 2.05) is 0 Å². The lowest BCUT2D eigenvalue weighted by molar-refractivity contribution is -0.144. The van der Waals surface area contributed by atoms with Crippen molar-refractivity contribution in [1.82, 2.24) is 9.78 Å². The maximum absolute atomic E-state index is 10.8. The number of rotatable bonds is 4. The van der Waals surface area contributed by atoms with E-state index in [4.69, 9.17) is 0 Å². The second kappa shape index (κ2) is 4.90. The van der Waals surface area contributed by atoms with Crippen LogP contribution < -0.4 is 0 Å². The number of nitrogens with zero attached hydrogens (tertiary/aromatic N) is 2. The van der Waals surface area contributed by atoms with Crippen LogP contribution >= 0.6 is 0 Å². The summed E-state index contributed by atoms with van der Waals surface area (Å²) in [5.41, 5.74) is 0.328. The molecule has 0 radical (unpaired) electrons. The highest BCUT2D eigenvalue weighted by Crippen LogP contribution is 2.16. The number of ether oxygens (including phenoxy) is 1. The average Bonchev–Trinajstić information content (AvgIpc) is 2.63. The number of aliphatic hydroxyl groups is 2. The van der Waals surface area contributed by atoms with Crippen molar-refractivity contribution in [3.63, 3.8) is 0 Å². The Balaban J connectivity index is 2.60. The number of aryl methyl sites for hydroxylation is 1. The molecule has 0 fully saturated rings. The van der Waals surface area contributed by atoms with Gasteiger partial charge in [-0.25, -0.2) is 0 Å². The predicted octanol–water partition coefficient (Wildman–Crippen LogP) is -0.623. The van der Waals surface area contributed by atoms with E-state index in [1.165, 1.54) is 11.8 Å². The molecule has 2 unspecified atom stereocenters. The fourth-order valence-corrected chi connectivity index (χ4v) is 1.15. The van der Waals surface area contributed by atoms with Gasteiger partial charge in [-0.3, -0.25) is 9.48 Å². The van der Waals surface area contributed by atoms with E-state index < -0.39 is 18.2 Å². The number of methoxy groups -OCH3 is 1. The van der Waals surface area contributed by atoms with Crippen LogP contribution in [0.2, 0.25) is 0 Å². The molecule has 2 N–H and O–H groups in total. The van der Waals surface area contributed by atoms with Gasteiger partial charge in [-0.05, 0) is 6.07 Å². The predicted molar refractivity (Wildman–Crippen MR) is 50.8 cm³/mol. The minimum atomic E-state index is -1.20. The number of esters is 1. The van der Waals surface area contributed by atoms with Gasteiger partial charge < -0.3 is 14.9 Å². The van der Waals surface area contributed by atoms with Crippen LogP contribution in [0.4, 0.5) is 0 Å². The van der Waals surface area contributed by atoms with Gasteiger partial charge in [0, 0.05) is 13.2 Å². The molecule has 15 heavy (non-hydrogen) atoms. The zero-order valence-corrected chi connectivity index (χ0v) is 8.62. The summed E-state index contributed by atoms with van der Waals surface area (Å²) in [5.74, 6) is -0.572. The van der Waals surface area contributed by atoms with Crippen LogP contribution in [-0.2, 0) is 16.6 Å². The van der Waals surface area contributed by atoms with Crippen molar-refractivity contribution in [1.29, 1.82) is 0 Å². The van der Waals surface area contributed by atoms with Crippen LogP contribution in [0, 0.1) is 0 Å². The molecule has 6 heteroatoms. The molecule has 1 aromatic heterocycles. The second-order valence-corrected chi connectivity index (χ2v) is 3.21. The zero-order valence-electron chi connectivity index (χ0n) is 8.62. The van der Waals surface area contributed by atoms with E-state index in [0.717, 1.165) is 0 Å². The van der Waals surface area contributed by atoms with E-state index in [0.29, 0.717) is 5.69 Å². The smallest absolute Gasteiger partial charge is 0.308 e. The maximum atomic E-state index is 10.8. The molecule has 0 amide bonds. The summed E-state index contributed by atoms with van der Waals surface area (Å²) in [7, 11) is 2.92. The third kappa shape index (κ3) is 3.03. The Bertz CT molecular complexity index is 337. The number of hydrogen-bond acceptors (Lipinski definition) is 5. The molecule has 84 valence electrons. The molecule has 0 aliphatic carbocycles. The molecule has 0 aromatic carbocycles. The Hall–Kier alpha value is -1.40. The summed E-state index contributed by atoms with van der Waals surface area (Å²) in [6.45, 7) is 0. The lowest BCUT2D eigenvalue weighted by Gasteiger charge is -2.14. The van der Waals surface area contributed by atoms with Crippen molar-refractivity contribution >= 4 is 5.97 Å². The molecule has 0 saturated heterocycles. The highest BCUT2D eigenvalue weighted by molar-refractivity contribution is 5.69. The molecule has 0 bridgehead atoms. The van der Waals surface area contributed by atoms with E-state index in [9.17, 15) is 15.0 Å². The SMILES string of the molecule is COC(=O)CC(O)C(O)c1ccn(C)n1. The highest BCUT2D eigenvalue weighted by Gasteiger charge is 2.23. The summed E-state index contributed by atoms with van der Waals surface area (Å²) in [6.07, 6.45) is -0.991. The van der Waals surface area contributed by atoms with E-state index in [2.05, 4.69) is 9.84 Å². The molecule has 0 spiro atoms. The van der Waals surface area contributed by atoms with Gasteiger partial charge in [0.2, 0.25) is 0 Å². The third-order valence-electron chi connectivity index (χ3n) is 2.01. The van der Waals surface area contributed by atoms with Gasteiger partial charge in [0.05, 0.1) is 25.3 Å². The van der Waals surface area contributed by atoms with Crippen LogP contribution in [0.15, 0.2) is 12.3 Å². The van der Waals surface area contributed by atoms with Crippen molar-refractivity contribution in [3.05, 3.63) is 18.0 Å². The molecule has 1 rings (SSSR count). The van der Waals surface area contributed by atoms with Crippen LogP contribution in [0.25, 0.3) is 0 Å². The van der Waals surface area contributed by atoms with Crippen LogP contribution in [0.1, 0.15) is 18.2 Å². The first-order valence-corrected chi connectivity index (χ1v) is 4.47. The normalized spacial score (nSPS) is 14.7. The van der Waals surface area contributed by atoms with Gasteiger partial charge in [0.25, 0.3) is 0 Å². The first-order valence-electron chi connectivity index (χ1n) is 4.47. The quantitative estimate of drug-likeness (QED) is 0.652. The molecule has 1 aromatic rings. The maximum Gasteiger partial charge on any atom is 0.308 e. The van der Waals surface area contributed by atoms with Crippen molar-refractivity contribution in [2.24, 2.45) is 7.05 Å². The van der Waals surface area contributed by atoms with Crippen LogP contribution in [-0.4, -0.2) is 39.2 Å². The monoisotopic (exact) mass is 214 g/mol. The standard InChI is InChI=1S/C9H14N2O4/c1-11-4-3-6(10-11)9(14)7(12)5-8(13)15-2/h3-4,7,9,12,14H,5H2,1-2H3. The molecular weight excluding hydrogens is 200 g/mol. The minimum absolute atomic E-state index is 0.256. The van der Waals surface area contributed by atoms with Gasteiger partial charge >= 0.3 is 5.97 Å². The topological polar surface area (TPSA) is 84.6 Å². The lowest BCUT2D eigenvalue weighted by Crippen LogP contribution is -2.23. The highest BCUT2D eigenvalue weighted by atomic mass is 16.5. The Labute approximate surface area is 87.1 Å². The largest absolute Gasteiger partial charge is 0.469 e. The van der Waals surface area contributed by atoms with Crippen molar-refractivity contribution in [2.45, 2.75) is 18.6 Å². The summed E-state index contributed by atoms with van der Waals surface area (Å²) in [4.78, 5) is 10.8. The van der Waals surface area contributed by atoms with Gasteiger partial charge in [0.1, 0.15) is 6.10 Å². The number of hydrogen-bond donors (Lipinski definition) is 2. The average molecular weight is 214 g/mol. The molecule has 6 nitrogen and oxygen atoms in total. The van der Waals surface area contributed by atoms with Crippen LogP contribution in [0.3, 0.4) is 0 Å². The summed E-state index contributed by atoms with van der Waals surface area (Å²) < 4.78 is 5.88. The molecule has 0 saturated carbocycles. The molecule has 0 aliphatic rings. The number of aromatic nitrogens is 2.